The molecule has 14 nitrogen and oxygen atoms in total. The molecule has 1 aliphatic carbocycles. The second kappa shape index (κ2) is 21.8. The van der Waals surface area contributed by atoms with Crippen molar-refractivity contribution >= 4 is 39.7 Å². The van der Waals surface area contributed by atoms with Crippen LogP contribution in [-0.4, -0.2) is 135 Å². The summed E-state index contributed by atoms with van der Waals surface area (Å²) in [5, 5.41) is 18.8. The number of carbonyl (C=O) groups is 3. The molecule has 3 amide bonds. The van der Waals surface area contributed by atoms with E-state index in [9.17, 15) is 27.9 Å². The van der Waals surface area contributed by atoms with Gasteiger partial charge in [0.05, 0.1) is 45.0 Å². The van der Waals surface area contributed by atoms with Gasteiger partial charge in [-0.05, 0) is 24.3 Å². The molecular weight excluding hydrogens is 697 g/mol. The molecule has 0 radical (unpaired) electrons. The number of aliphatic hydroxyl groups excluding tert-OH is 1. The predicted octanol–water partition coefficient (Wildman–Crippen LogP) is 0.780. The smallest absolute Gasteiger partial charge is 0.280 e. The largest absolute Gasteiger partial charge is 0.390 e. The van der Waals surface area contributed by atoms with Crippen molar-refractivity contribution in [3.63, 3.8) is 0 Å². The number of hydrogen-bond donors (Lipinski definition) is 5. The van der Waals surface area contributed by atoms with Gasteiger partial charge in [-0.1, -0.05) is 68.5 Å². The molecule has 0 bridgehead atoms. The average Bonchev–Trinajstić information content (AvgIpc) is 3.14. The monoisotopic (exact) mass is 752 g/mol. The number of hydrogen-bond acceptors (Lipinski definition) is 10. The second-order valence-electron chi connectivity index (χ2n) is 13.3. The van der Waals surface area contributed by atoms with Gasteiger partial charge in [-0.25, -0.2) is 0 Å². The van der Waals surface area contributed by atoms with Crippen molar-refractivity contribution in [3.05, 3.63) is 48.6 Å². The summed E-state index contributed by atoms with van der Waals surface area (Å²) >= 11 is 1.13. The van der Waals surface area contributed by atoms with E-state index in [0.29, 0.717) is 38.5 Å². The van der Waals surface area contributed by atoms with Crippen LogP contribution in [0.1, 0.15) is 50.5 Å². The van der Waals surface area contributed by atoms with Gasteiger partial charge in [0.2, 0.25) is 11.8 Å². The molecule has 0 spiro atoms. The van der Waals surface area contributed by atoms with E-state index in [1.165, 1.54) is 4.31 Å². The Morgan fingerprint density at radius 3 is 2.29 bits per heavy atom. The van der Waals surface area contributed by atoms with E-state index >= 15 is 0 Å². The molecular formula is C35H56N6O8S2. The number of thioether (sulfide) groups is 1. The molecule has 2 heterocycles. The predicted molar refractivity (Wildman–Crippen MR) is 197 cm³/mol. The highest BCUT2D eigenvalue weighted by Gasteiger charge is 2.34. The SMILES string of the molecule is C=CCS[C@H](NC(=O)[C@H](Cc1ccccc1)NS(=O)(=O)N1CCOCC1)C(=O)N[C@@H](CC1CCCCC1)[C@H](O)CC(=O)NCCN1CCOCC1. The normalized spacial score (nSPS) is 20.4. The minimum Gasteiger partial charge on any atom is -0.390 e. The zero-order chi connectivity index (χ0) is 36.5. The van der Waals surface area contributed by atoms with Crippen molar-refractivity contribution in [2.45, 2.75) is 74.9 Å². The number of nitrogens with zero attached hydrogens (tertiary/aromatic N) is 2. The summed E-state index contributed by atoms with van der Waals surface area (Å²) in [5.41, 5.74) is 0.737. The fraction of sp³-hybridized carbons (Fsp3) is 0.686. The van der Waals surface area contributed by atoms with E-state index in [-0.39, 0.29) is 51.0 Å². The van der Waals surface area contributed by atoms with Crippen LogP contribution < -0.4 is 20.7 Å². The third-order valence-electron chi connectivity index (χ3n) is 9.45. The number of benzene rings is 1. The Morgan fingerprint density at radius 1 is 0.961 bits per heavy atom. The van der Waals surface area contributed by atoms with E-state index in [0.717, 1.165) is 62.5 Å². The van der Waals surface area contributed by atoms with Crippen LogP contribution in [0.15, 0.2) is 43.0 Å². The lowest BCUT2D eigenvalue weighted by molar-refractivity contribution is -0.129. The fourth-order valence-electron chi connectivity index (χ4n) is 6.59. The Hall–Kier alpha value is -2.57. The Labute approximate surface area is 307 Å². The maximum absolute atomic E-state index is 13.9. The third-order valence-corrected chi connectivity index (χ3v) is 12.2. The van der Waals surface area contributed by atoms with Crippen LogP contribution in [0.2, 0.25) is 0 Å². The minimum absolute atomic E-state index is 0.0559. The van der Waals surface area contributed by atoms with Gasteiger partial charge in [-0.2, -0.15) is 17.4 Å². The Kier molecular flexibility index (Phi) is 17.6. The van der Waals surface area contributed by atoms with Gasteiger partial charge in [-0.15, -0.1) is 18.3 Å². The molecule has 1 aromatic rings. The molecule has 286 valence electrons. The summed E-state index contributed by atoms with van der Waals surface area (Å²) < 4.78 is 41.2. The highest BCUT2D eigenvalue weighted by Crippen LogP contribution is 2.28. The number of carbonyl (C=O) groups excluding carboxylic acids is 3. The summed E-state index contributed by atoms with van der Waals surface area (Å²) in [6.07, 6.45) is 6.06. The van der Waals surface area contributed by atoms with Gasteiger partial charge in [0.25, 0.3) is 16.1 Å². The molecule has 2 aliphatic heterocycles. The minimum atomic E-state index is -4.05. The average molecular weight is 753 g/mol. The van der Waals surface area contributed by atoms with Gasteiger partial charge in [-0.3, -0.25) is 19.3 Å². The Balaban J connectivity index is 1.44. The maximum Gasteiger partial charge on any atom is 0.280 e. The highest BCUT2D eigenvalue weighted by molar-refractivity contribution is 8.00. The van der Waals surface area contributed by atoms with Gasteiger partial charge >= 0.3 is 0 Å². The molecule has 5 N–H and O–H groups in total. The summed E-state index contributed by atoms with van der Waals surface area (Å²) in [6.45, 7) is 8.64. The highest BCUT2D eigenvalue weighted by atomic mass is 32.2. The zero-order valence-corrected chi connectivity index (χ0v) is 31.1. The number of morpholine rings is 2. The molecule has 0 aromatic heterocycles. The lowest BCUT2D eigenvalue weighted by atomic mass is 9.83. The van der Waals surface area contributed by atoms with E-state index in [1.54, 1.807) is 30.3 Å². The topological polar surface area (TPSA) is 179 Å². The number of rotatable bonds is 20. The summed E-state index contributed by atoms with van der Waals surface area (Å²) in [7, 11) is -4.05. The van der Waals surface area contributed by atoms with Crippen LogP contribution in [0.5, 0.6) is 0 Å². The molecule has 2 saturated heterocycles. The first kappa shape index (κ1) is 41.2. The molecule has 4 atom stereocenters. The fourth-order valence-corrected chi connectivity index (χ4v) is 8.67. The number of nitrogens with one attached hydrogen (secondary N) is 4. The first-order valence-electron chi connectivity index (χ1n) is 18.1. The van der Waals surface area contributed by atoms with Crippen molar-refractivity contribution < 1.29 is 37.4 Å². The van der Waals surface area contributed by atoms with E-state index in [4.69, 9.17) is 9.47 Å². The Morgan fingerprint density at radius 2 is 1.63 bits per heavy atom. The van der Waals surface area contributed by atoms with Crippen molar-refractivity contribution in [1.29, 1.82) is 0 Å². The van der Waals surface area contributed by atoms with Crippen molar-refractivity contribution in [1.82, 2.24) is 29.9 Å². The molecule has 3 aliphatic rings. The molecule has 0 unspecified atom stereocenters. The van der Waals surface area contributed by atoms with Crippen LogP contribution in [0.4, 0.5) is 0 Å². The van der Waals surface area contributed by atoms with Crippen molar-refractivity contribution in [2.24, 2.45) is 5.92 Å². The van der Waals surface area contributed by atoms with Gasteiger partial charge < -0.3 is 30.5 Å². The summed E-state index contributed by atoms with van der Waals surface area (Å²) in [6, 6.07) is 7.10. The molecule has 51 heavy (non-hydrogen) atoms. The van der Waals surface area contributed by atoms with Crippen LogP contribution in [0.3, 0.4) is 0 Å². The Bertz CT molecular complexity index is 1340. The second-order valence-corrected chi connectivity index (χ2v) is 16.2. The third kappa shape index (κ3) is 14.4. The molecule has 16 heteroatoms. The maximum atomic E-state index is 13.9. The van der Waals surface area contributed by atoms with Crippen LogP contribution in [-0.2, 0) is 40.5 Å². The van der Waals surface area contributed by atoms with Crippen molar-refractivity contribution in [3.8, 4) is 0 Å². The number of aliphatic hydroxyl groups is 1. The van der Waals surface area contributed by atoms with Crippen LogP contribution >= 0.6 is 11.8 Å². The molecule has 1 aromatic carbocycles. The summed E-state index contributed by atoms with van der Waals surface area (Å²) in [4.78, 5) is 42.9. The number of amides is 3. The van der Waals surface area contributed by atoms with Crippen molar-refractivity contribution in [2.75, 3.05) is 71.4 Å². The standard InChI is InChI=1S/C35H56N6O8S2/c1-2-23-50-35(38-33(44)30(25-28-11-7-4-8-12-28)39-51(46,47)41-17-21-49-22-18-41)34(45)37-29(24-27-9-5-3-6-10-27)31(42)26-32(43)36-13-14-40-15-19-48-20-16-40/h2,4,7-8,11-12,27,29-31,35,39,42H,1,3,5-6,9-10,13-26H2,(H,36,43)(H,37,45)(H,38,44)/t29-,30-,31+,35-/m0/s1. The van der Waals surface area contributed by atoms with Gasteiger partial charge in [0, 0.05) is 45.0 Å². The summed E-state index contributed by atoms with van der Waals surface area (Å²) in [5.74, 6) is -0.917. The molecule has 4 rings (SSSR count). The van der Waals surface area contributed by atoms with E-state index < -0.39 is 45.6 Å². The zero-order valence-electron chi connectivity index (χ0n) is 29.5. The van der Waals surface area contributed by atoms with Crippen LogP contribution in [0, 0.1) is 5.92 Å². The molecule has 1 saturated carbocycles. The lowest BCUT2D eigenvalue weighted by Crippen LogP contribution is -2.58. The lowest BCUT2D eigenvalue weighted by Gasteiger charge is -2.32. The van der Waals surface area contributed by atoms with E-state index in [2.05, 4.69) is 32.2 Å². The molecule has 3 fully saturated rings. The van der Waals surface area contributed by atoms with E-state index in [1.807, 2.05) is 6.07 Å². The van der Waals surface area contributed by atoms with Gasteiger partial charge in [0.1, 0.15) is 6.04 Å². The first-order chi connectivity index (χ1) is 24.6. The quantitative estimate of drug-likeness (QED) is 0.0945. The first-order valence-corrected chi connectivity index (χ1v) is 20.6. The number of ether oxygens (including phenoxy) is 2. The van der Waals surface area contributed by atoms with Crippen LogP contribution in [0.25, 0.3) is 0 Å². The van der Waals surface area contributed by atoms with Gasteiger partial charge in [0.15, 0.2) is 5.37 Å².